The SMILES string of the molecule is CC(C)=C1C=c2ccccc2=[C]1[Ti+2][c]1cc2ccccc2[nH]1.[Cl-].[Cl-]. The maximum atomic E-state index is 3.61. The Balaban J connectivity index is 0.00000104. The van der Waals surface area contributed by atoms with E-state index in [1.165, 1.54) is 36.5 Å². The number of rotatable bonds is 2. The smallest absolute Gasteiger partial charge is 1.00 e. The van der Waals surface area contributed by atoms with Crippen molar-refractivity contribution in [3.05, 3.63) is 76.2 Å². The van der Waals surface area contributed by atoms with Crippen molar-refractivity contribution in [1.29, 1.82) is 0 Å². The van der Waals surface area contributed by atoms with Gasteiger partial charge in [0.1, 0.15) is 0 Å². The molecule has 0 saturated heterocycles. The van der Waals surface area contributed by atoms with Gasteiger partial charge in [0.25, 0.3) is 0 Å². The van der Waals surface area contributed by atoms with Crippen LogP contribution in [0.25, 0.3) is 20.9 Å². The van der Waals surface area contributed by atoms with E-state index in [2.05, 4.69) is 79.5 Å². The Bertz CT molecular complexity index is 994. The molecule has 1 aliphatic carbocycles. The molecule has 0 fully saturated rings. The van der Waals surface area contributed by atoms with Crippen molar-refractivity contribution < 1.29 is 44.0 Å². The fourth-order valence-corrected chi connectivity index (χ4v) is 5.39. The van der Waals surface area contributed by atoms with E-state index in [9.17, 15) is 0 Å². The summed E-state index contributed by atoms with van der Waals surface area (Å²) in [5, 5.41) is 4.11. The summed E-state index contributed by atoms with van der Waals surface area (Å²) in [6, 6.07) is 19.6. The number of halogens is 2. The largest absolute Gasteiger partial charge is 1.00 e. The van der Waals surface area contributed by atoms with E-state index < -0.39 is 0 Å². The molecule has 1 heterocycles. The first-order chi connectivity index (χ1) is 10.7. The third kappa shape index (κ3) is 3.41. The Morgan fingerprint density at radius 2 is 1.62 bits per heavy atom. The molecule has 1 N–H and O–H groups in total. The van der Waals surface area contributed by atoms with Crippen LogP contribution in [0.1, 0.15) is 13.8 Å². The van der Waals surface area contributed by atoms with E-state index in [0.29, 0.717) is 0 Å². The molecule has 0 unspecified atom stereocenters. The Labute approximate surface area is 163 Å². The maximum absolute atomic E-state index is 3.61. The van der Waals surface area contributed by atoms with Crippen molar-refractivity contribution in [2.24, 2.45) is 0 Å². The average molecular weight is 390 g/mol. The van der Waals surface area contributed by atoms with Gasteiger partial charge in [-0.25, -0.2) is 0 Å². The molecule has 1 aliphatic rings. The van der Waals surface area contributed by atoms with Gasteiger partial charge in [-0.2, -0.15) is 0 Å². The van der Waals surface area contributed by atoms with E-state index in [1.807, 2.05) is 0 Å². The predicted molar refractivity (Wildman–Crippen MR) is 89.9 cm³/mol. The molecular formula is C20H17Cl2NTi. The van der Waals surface area contributed by atoms with Crippen molar-refractivity contribution >= 4 is 24.9 Å². The van der Waals surface area contributed by atoms with Crippen LogP contribution in [0, 0.1) is 0 Å². The molecule has 120 valence electrons. The van der Waals surface area contributed by atoms with Gasteiger partial charge in [-0.15, -0.1) is 0 Å². The Hall–Kier alpha value is -1.25. The van der Waals surface area contributed by atoms with Gasteiger partial charge in [0.15, 0.2) is 0 Å². The molecule has 24 heavy (non-hydrogen) atoms. The van der Waals surface area contributed by atoms with Crippen LogP contribution in [-0.2, 0) is 19.2 Å². The monoisotopic (exact) mass is 389 g/mol. The minimum absolute atomic E-state index is 0. The van der Waals surface area contributed by atoms with Crippen LogP contribution >= 0.6 is 0 Å². The Kier molecular flexibility index (Phi) is 6.17. The van der Waals surface area contributed by atoms with E-state index in [0.717, 1.165) is 0 Å². The molecule has 0 saturated carbocycles. The van der Waals surface area contributed by atoms with E-state index >= 15 is 0 Å². The van der Waals surface area contributed by atoms with Gasteiger partial charge in [-0.05, 0) is 0 Å². The molecule has 0 radical (unpaired) electrons. The van der Waals surface area contributed by atoms with E-state index in [1.54, 1.807) is 3.88 Å². The van der Waals surface area contributed by atoms with Crippen LogP contribution in [0.3, 0.4) is 0 Å². The normalized spacial score (nSPS) is 11.9. The zero-order valence-electron chi connectivity index (χ0n) is 13.5. The van der Waals surface area contributed by atoms with Crippen LogP contribution in [0.4, 0.5) is 0 Å². The number of hydrogen-bond acceptors (Lipinski definition) is 0. The van der Waals surface area contributed by atoms with E-state index in [4.69, 9.17) is 0 Å². The molecular weight excluding hydrogens is 373 g/mol. The zero-order valence-corrected chi connectivity index (χ0v) is 16.6. The molecule has 2 aromatic carbocycles. The van der Waals surface area contributed by atoms with Crippen LogP contribution in [0.2, 0.25) is 0 Å². The van der Waals surface area contributed by atoms with Gasteiger partial charge < -0.3 is 24.8 Å². The molecule has 0 spiro atoms. The second-order valence-electron chi connectivity index (χ2n) is 5.92. The summed E-state index contributed by atoms with van der Waals surface area (Å²) in [7, 11) is 0. The van der Waals surface area contributed by atoms with Crippen molar-refractivity contribution in [3.8, 4) is 0 Å². The van der Waals surface area contributed by atoms with Gasteiger partial charge in [0.05, 0.1) is 0 Å². The van der Waals surface area contributed by atoms with Gasteiger partial charge in [0, 0.05) is 0 Å². The minimum Gasteiger partial charge on any atom is -1.00 e. The Morgan fingerprint density at radius 3 is 2.38 bits per heavy atom. The maximum Gasteiger partial charge on any atom is -1.00 e. The first-order valence-electron chi connectivity index (χ1n) is 7.56. The summed E-state index contributed by atoms with van der Waals surface area (Å²) in [5.74, 6) is 0. The van der Waals surface area contributed by atoms with E-state index in [-0.39, 0.29) is 44.0 Å². The summed E-state index contributed by atoms with van der Waals surface area (Å²) in [4.78, 5) is 3.61. The average Bonchev–Trinajstić information content (AvgIpc) is 3.09. The quantitative estimate of drug-likeness (QED) is 0.445. The van der Waals surface area contributed by atoms with Gasteiger partial charge in [0.2, 0.25) is 0 Å². The summed E-state index contributed by atoms with van der Waals surface area (Å²) in [5.41, 5.74) is 4.10. The van der Waals surface area contributed by atoms with Crippen molar-refractivity contribution in [1.82, 2.24) is 4.98 Å². The van der Waals surface area contributed by atoms with Crippen LogP contribution in [-0.4, -0.2) is 4.98 Å². The fourth-order valence-electron chi connectivity index (χ4n) is 3.03. The molecule has 1 nitrogen and oxygen atoms in total. The first kappa shape index (κ1) is 19.1. The molecule has 0 amide bonds. The second kappa shape index (κ2) is 7.76. The third-order valence-electron chi connectivity index (χ3n) is 4.13. The van der Waals surface area contributed by atoms with Crippen molar-refractivity contribution in [3.63, 3.8) is 0 Å². The van der Waals surface area contributed by atoms with Gasteiger partial charge in [-0.1, -0.05) is 0 Å². The number of aromatic amines is 1. The Morgan fingerprint density at radius 1 is 0.917 bits per heavy atom. The molecule has 4 heteroatoms. The van der Waals surface area contributed by atoms with Crippen LogP contribution in [0.15, 0.2) is 65.7 Å². The van der Waals surface area contributed by atoms with Crippen LogP contribution < -0.4 is 39.3 Å². The molecule has 1 aromatic heterocycles. The molecule has 3 aromatic rings. The number of para-hydroxylation sites is 1. The molecule has 0 atom stereocenters. The topological polar surface area (TPSA) is 15.8 Å². The first-order valence-corrected chi connectivity index (χ1v) is 9.12. The van der Waals surface area contributed by atoms with Crippen molar-refractivity contribution in [2.75, 3.05) is 0 Å². The van der Waals surface area contributed by atoms with Gasteiger partial charge in [-0.3, -0.25) is 0 Å². The fraction of sp³-hybridized carbons (Fsp3) is 0.100. The summed E-state index contributed by atoms with van der Waals surface area (Å²) >= 11 is -0.374. The minimum atomic E-state index is -0.374. The number of H-pyrrole nitrogens is 1. The number of allylic oxidation sites excluding steroid dienone is 2. The molecule has 0 aliphatic heterocycles. The summed E-state index contributed by atoms with van der Waals surface area (Å²) in [6.07, 6.45) is 2.35. The summed E-state index contributed by atoms with van der Waals surface area (Å²) in [6.45, 7) is 4.43. The second-order valence-corrected chi connectivity index (χ2v) is 7.93. The molecule has 0 bridgehead atoms. The van der Waals surface area contributed by atoms with Crippen molar-refractivity contribution in [2.45, 2.75) is 13.8 Å². The zero-order chi connectivity index (χ0) is 15.1. The number of fused-ring (bicyclic) bond motifs is 2. The molecule has 4 rings (SSSR count). The predicted octanol–water partition coefficient (Wildman–Crippen LogP) is -3.18. The number of nitrogens with one attached hydrogen (secondary N) is 1. The summed E-state index contributed by atoms with van der Waals surface area (Å²) < 4.78 is 2.96. The number of hydrogen-bond donors (Lipinski definition) is 1. The number of aromatic nitrogens is 1. The van der Waals surface area contributed by atoms with Gasteiger partial charge >= 0.3 is 139 Å². The number of benzene rings is 2. The standard InChI is InChI=1S/C12H11.C8H6N.2ClH.Ti/c1-9(2)12-7-10-5-3-4-6-11(10)8-12;1-2-4-8-7(3-1)5-6-9-8;;;/h3-7H,1-2H3;1-5,9H;2*1H;/q;;;;+2/p-2. The third-order valence-corrected chi connectivity index (χ3v) is 6.20. The van der Waals surface area contributed by atoms with Crippen LogP contribution in [0.5, 0.6) is 0 Å².